The van der Waals surface area contributed by atoms with Gasteiger partial charge in [0.05, 0.1) is 11.4 Å². The van der Waals surface area contributed by atoms with Crippen molar-refractivity contribution in [2.75, 3.05) is 4.90 Å². The molecule has 0 saturated carbocycles. The number of hydrogen-bond acceptors (Lipinski definition) is 2. The van der Waals surface area contributed by atoms with Gasteiger partial charge in [0.2, 0.25) is 0 Å². The van der Waals surface area contributed by atoms with Crippen molar-refractivity contribution in [3.05, 3.63) is 211 Å². The van der Waals surface area contributed by atoms with Crippen LogP contribution in [0.25, 0.3) is 75.5 Å². The zero-order chi connectivity index (χ0) is 38.1. The van der Waals surface area contributed by atoms with E-state index in [4.69, 9.17) is 0 Å². The third kappa shape index (κ3) is 5.29. The van der Waals surface area contributed by atoms with E-state index in [1.54, 1.807) is 0 Å². The van der Waals surface area contributed by atoms with Gasteiger partial charge in [-0.3, -0.25) is 0 Å². The highest BCUT2D eigenvalue weighted by Gasteiger charge is 2.36. The van der Waals surface area contributed by atoms with E-state index in [2.05, 4.69) is 219 Å². The zero-order valence-electron chi connectivity index (χ0n) is 31.9. The number of rotatable bonds is 6. The van der Waals surface area contributed by atoms with Crippen LogP contribution in [0.2, 0.25) is 0 Å². The predicted octanol–water partition coefficient (Wildman–Crippen LogP) is 16.0. The van der Waals surface area contributed by atoms with Crippen LogP contribution in [0.15, 0.2) is 200 Å². The number of anilines is 3. The third-order valence-electron chi connectivity index (χ3n) is 12.1. The molecule has 0 saturated heterocycles. The van der Waals surface area contributed by atoms with Crippen LogP contribution in [0.3, 0.4) is 0 Å². The first kappa shape index (κ1) is 33.6. The van der Waals surface area contributed by atoms with E-state index < -0.39 is 0 Å². The maximum atomic E-state index is 2.53. The van der Waals surface area contributed by atoms with Crippen molar-refractivity contribution < 1.29 is 0 Å². The van der Waals surface area contributed by atoms with Gasteiger partial charge in [0, 0.05) is 48.0 Å². The quantitative estimate of drug-likeness (QED) is 0.164. The van der Waals surface area contributed by atoms with Crippen LogP contribution in [-0.2, 0) is 5.41 Å². The van der Waals surface area contributed by atoms with E-state index in [9.17, 15) is 0 Å². The van der Waals surface area contributed by atoms with Gasteiger partial charge >= 0.3 is 0 Å². The molecule has 0 N–H and O–H groups in total. The number of hydrogen-bond donors (Lipinski definition) is 0. The fourth-order valence-electron chi connectivity index (χ4n) is 9.42. The third-order valence-corrected chi connectivity index (χ3v) is 13.3. The van der Waals surface area contributed by atoms with E-state index >= 15 is 0 Å². The van der Waals surface area contributed by atoms with Gasteiger partial charge in [-0.05, 0) is 80.0 Å². The molecule has 1 nitrogen and oxygen atoms in total. The number of benzene rings is 9. The Morgan fingerprint density at radius 2 is 0.965 bits per heavy atom. The molecule has 0 radical (unpaired) electrons. The average molecular weight is 746 g/mol. The van der Waals surface area contributed by atoms with Crippen molar-refractivity contribution in [2.24, 2.45) is 0 Å². The molecule has 57 heavy (non-hydrogen) atoms. The molecule has 9 aromatic carbocycles. The summed E-state index contributed by atoms with van der Waals surface area (Å²) >= 11 is 1.89. The molecule has 1 aromatic heterocycles. The molecule has 0 atom stereocenters. The van der Waals surface area contributed by atoms with E-state index in [0.717, 1.165) is 17.1 Å². The average Bonchev–Trinajstić information content (AvgIpc) is 3.76. The Morgan fingerprint density at radius 1 is 0.404 bits per heavy atom. The van der Waals surface area contributed by atoms with Gasteiger partial charge in [0.1, 0.15) is 0 Å². The summed E-state index contributed by atoms with van der Waals surface area (Å²) < 4.78 is 2.62. The first-order chi connectivity index (χ1) is 28.1. The lowest BCUT2D eigenvalue weighted by Gasteiger charge is -2.31. The van der Waals surface area contributed by atoms with Crippen molar-refractivity contribution in [2.45, 2.75) is 19.3 Å². The van der Waals surface area contributed by atoms with E-state index in [1.165, 1.54) is 86.6 Å². The molecule has 0 unspecified atom stereocenters. The van der Waals surface area contributed by atoms with Gasteiger partial charge in [-0.15, -0.1) is 11.3 Å². The van der Waals surface area contributed by atoms with E-state index in [-0.39, 0.29) is 5.41 Å². The van der Waals surface area contributed by atoms with Crippen LogP contribution in [0.5, 0.6) is 0 Å². The highest BCUT2D eigenvalue weighted by Crippen LogP contribution is 2.53. The number of fused-ring (bicyclic) bond motifs is 7. The summed E-state index contributed by atoms with van der Waals surface area (Å²) in [4.78, 5) is 2.53. The monoisotopic (exact) mass is 745 g/mol. The Kier molecular flexibility index (Phi) is 7.77. The maximum absolute atomic E-state index is 2.53. The van der Waals surface area contributed by atoms with Gasteiger partial charge in [-0.2, -0.15) is 0 Å². The molecule has 0 amide bonds. The van der Waals surface area contributed by atoms with Crippen molar-refractivity contribution in [3.8, 4) is 44.5 Å². The minimum Gasteiger partial charge on any atom is -0.309 e. The molecule has 270 valence electrons. The molecule has 0 aliphatic heterocycles. The fraction of sp³-hybridized carbons (Fsp3) is 0.0545. The maximum Gasteiger partial charge on any atom is 0.0540 e. The summed E-state index contributed by atoms with van der Waals surface area (Å²) in [6, 6.07) is 73.9. The predicted molar refractivity (Wildman–Crippen MR) is 245 cm³/mol. The van der Waals surface area contributed by atoms with Crippen LogP contribution in [0.1, 0.15) is 25.0 Å². The summed E-state index contributed by atoms with van der Waals surface area (Å²) in [6.45, 7) is 4.74. The Balaban J connectivity index is 1.20. The number of nitrogens with zero attached hydrogens (tertiary/aromatic N) is 1. The second kappa shape index (κ2) is 13.2. The van der Waals surface area contributed by atoms with Gasteiger partial charge in [0.25, 0.3) is 0 Å². The molecule has 10 aromatic rings. The van der Waals surface area contributed by atoms with Gasteiger partial charge in [0.15, 0.2) is 0 Å². The molecule has 1 heterocycles. The molecule has 0 bridgehead atoms. The van der Waals surface area contributed by atoms with Crippen LogP contribution < -0.4 is 4.90 Å². The summed E-state index contributed by atoms with van der Waals surface area (Å²) in [5.41, 5.74) is 16.0. The Hall–Kier alpha value is -6.74. The topological polar surface area (TPSA) is 3.24 Å². The molecule has 1 aliphatic carbocycles. The number of para-hydroxylation sites is 2. The number of thiophene rings is 1. The van der Waals surface area contributed by atoms with Crippen LogP contribution in [0.4, 0.5) is 17.1 Å². The highest BCUT2D eigenvalue weighted by molar-refractivity contribution is 7.26. The summed E-state index contributed by atoms with van der Waals surface area (Å²) in [7, 11) is 0. The Labute approximate surface area is 337 Å². The molecule has 0 spiro atoms. The molecule has 11 rings (SSSR count). The van der Waals surface area contributed by atoms with Crippen molar-refractivity contribution in [1.29, 1.82) is 0 Å². The minimum absolute atomic E-state index is 0.143. The second-order valence-corrected chi connectivity index (χ2v) is 16.7. The molecular weight excluding hydrogens is 707 g/mol. The first-order valence-corrected chi connectivity index (χ1v) is 20.6. The fourth-order valence-corrected chi connectivity index (χ4v) is 10.6. The zero-order valence-corrected chi connectivity index (χ0v) is 32.7. The standard InChI is InChI=1S/C55H39NS/c1-55(2)48-29-10-6-21-40(48)41-34-33-38(35-49(41)55)56(51-31-12-8-23-43(51)46-27-16-28-47-44-24-9-13-32-52(44)57-54(46)47)50-30-11-7-22-42(50)45-26-15-20-37-19-14-25-39(53(37)45)36-17-4-3-5-18-36/h3-35H,1-2H3. The normalized spacial score (nSPS) is 12.9. The lowest BCUT2D eigenvalue weighted by molar-refractivity contribution is 0.660. The summed E-state index contributed by atoms with van der Waals surface area (Å²) in [5.74, 6) is 0. The van der Waals surface area contributed by atoms with Crippen molar-refractivity contribution >= 4 is 59.3 Å². The van der Waals surface area contributed by atoms with E-state index in [0.29, 0.717) is 0 Å². The highest BCUT2D eigenvalue weighted by atomic mass is 32.1. The SMILES string of the molecule is CC1(C)c2ccccc2-c2ccc(N(c3ccccc3-c3cccc4c3sc3ccccc34)c3ccccc3-c3cccc4cccc(-c5ccccc5)c34)cc21. The van der Waals surface area contributed by atoms with Crippen LogP contribution in [-0.4, -0.2) is 0 Å². The van der Waals surface area contributed by atoms with Crippen LogP contribution >= 0.6 is 11.3 Å². The molecule has 1 aliphatic rings. The summed E-state index contributed by atoms with van der Waals surface area (Å²) in [6.07, 6.45) is 0. The Morgan fingerprint density at radius 3 is 1.75 bits per heavy atom. The van der Waals surface area contributed by atoms with Crippen molar-refractivity contribution in [1.82, 2.24) is 0 Å². The largest absolute Gasteiger partial charge is 0.309 e. The van der Waals surface area contributed by atoms with Gasteiger partial charge in [-0.25, -0.2) is 0 Å². The second-order valence-electron chi connectivity index (χ2n) is 15.6. The smallest absolute Gasteiger partial charge is 0.0540 e. The van der Waals surface area contributed by atoms with Gasteiger partial charge in [-0.1, -0.05) is 184 Å². The van der Waals surface area contributed by atoms with Crippen molar-refractivity contribution in [3.63, 3.8) is 0 Å². The Bertz CT molecular complexity index is 3160. The minimum atomic E-state index is -0.143. The van der Waals surface area contributed by atoms with Gasteiger partial charge < -0.3 is 4.90 Å². The lowest BCUT2D eigenvalue weighted by Crippen LogP contribution is -2.17. The molecule has 0 fully saturated rings. The lowest BCUT2D eigenvalue weighted by atomic mass is 9.82. The van der Waals surface area contributed by atoms with Crippen LogP contribution in [0, 0.1) is 0 Å². The summed E-state index contributed by atoms with van der Waals surface area (Å²) in [5, 5.41) is 5.09. The molecular formula is C55H39NS. The molecule has 2 heteroatoms. The first-order valence-electron chi connectivity index (χ1n) is 19.8. The van der Waals surface area contributed by atoms with E-state index in [1.807, 2.05) is 11.3 Å².